The Balaban J connectivity index is 2.31. The predicted octanol–water partition coefficient (Wildman–Crippen LogP) is 0.585. The summed E-state index contributed by atoms with van der Waals surface area (Å²) in [6.07, 6.45) is 0. The zero-order valence-corrected chi connectivity index (χ0v) is 12.2. The second-order valence-electron chi connectivity index (χ2n) is 4.86. The van der Waals surface area contributed by atoms with Crippen molar-refractivity contribution in [2.24, 2.45) is 5.14 Å². The number of nitrogens with zero attached hydrogens (tertiary/aromatic N) is 2. The molecule has 0 atom stereocenters. The molecule has 0 unspecified atom stereocenters. The van der Waals surface area contributed by atoms with Crippen molar-refractivity contribution in [1.29, 1.82) is 0 Å². The Morgan fingerprint density at radius 1 is 1.32 bits per heavy atom. The number of anilines is 1. The molecule has 0 aromatic heterocycles. The summed E-state index contributed by atoms with van der Waals surface area (Å²) in [5, 5.41) is 5.30. The predicted molar refractivity (Wildman–Crippen MR) is 75.7 cm³/mol. The summed E-state index contributed by atoms with van der Waals surface area (Å²) in [5.74, 6) is 0. The molecule has 2 rings (SSSR count). The normalized spacial score (nSPS) is 17.7. The Labute approximate surface area is 115 Å². The van der Waals surface area contributed by atoms with Gasteiger partial charge in [0.05, 0.1) is 5.69 Å². The number of hydrogen-bond donors (Lipinski definition) is 1. The topological polar surface area (TPSA) is 66.6 Å². The van der Waals surface area contributed by atoms with Gasteiger partial charge in [-0.25, -0.2) is 13.6 Å². The van der Waals surface area contributed by atoms with Gasteiger partial charge in [-0.3, -0.25) is 0 Å². The molecule has 0 saturated carbocycles. The van der Waals surface area contributed by atoms with Crippen molar-refractivity contribution in [3.05, 3.63) is 23.8 Å². The Hall–Kier alpha value is -1.11. The lowest BCUT2D eigenvalue weighted by Crippen LogP contribution is -2.46. The van der Waals surface area contributed by atoms with Crippen molar-refractivity contribution in [1.82, 2.24) is 4.90 Å². The molecule has 19 heavy (non-hydrogen) atoms. The van der Waals surface area contributed by atoms with E-state index >= 15 is 0 Å². The quantitative estimate of drug-likeness (QED) is 0.881. The highest BCUT2D eigenvalue weighted by atomic mass is 32.2. The average molecular weight is 282 g/mol. The molecular formula is C13H20N3O2S. The number of hydrogen-bond acceptors (Lipinski definition) is 4. The first-order valence-electron chi connectivity index (χ1n) is 6.44. The van der Waals surface area contributed by atoms with Gasteiger partial charge >= 0.3 is 0 Å². The maximum Gasteiger partial charge on any atom is 0.240 e. The fourth-order valence-corrected chi connectivity index (χ4v) is 3.13. The molecule has 1 fully saturated rings. The minimum absolute atomic E-state index is 0.178. The Morgan fingerprint density at radius 2 is 1.95 bits per heavy atom. The van der Waals surface area contributed by atoms with Crippen LogP contribution in [0.1, 0.15) is 12.5 Å². The Bertz CT molecular complexity index is 549. The zero-order valence-electron chi connectivity index (χ0n) is 11.4. The van der Waals surface area contributed by atoms with Gasteiger partial charge in [0.15, 0.2) is 0 Å². The molecule has 0 amide bonds. The lowest BCUT2D eigenvalue weighted by atomic mass is 10.2. The van der Waals surface area contributed by atoms with Crippen molar-refractivity contribution in [2.45, 2.75) is 18.7 Å². The van der Waals surface area contributed by atoms with Crippen LogP contribution < -0.4 is 10.0 Å². The molecule has 1 saturated heterocycles. The van der Waals surface area contributed by atoms with Gasteiger partial charge in [-0.1, -0.05) is 6.92 Å². The molecule has 6 heteroatoms. The largest absolute Gasteiger partial charge is 0.367 e. The molecular weight excluding hydrogens is 262 g/mol. The first-order valence-corrected chi connectivity index (χ1v) is 7.99. The van der Waals surface area contributed by atoms with Gasteiger partial charge in [-0.05, 0) is 31.2 Å². The Morgan fingerprint density at radius 3 is 2.47 bits per heavy atom. The van der Waals surface area contributed by atoms with Gasteiger partial charge in [0.25, 0.3) is 0 Å². The summed E-state index contributed by atoms with van der Waals surface area (Å²) in [4.78, 5) is 4.56. The van der Waals surface area contributed by atoms with Crippen molar-refractivity contribution < 1.29 is 8.42 Å². The van der Waals surface area contributed by atoms with E-state index in [2.05, 4.69) is 17.9 Å². The summed E-state index contributed by atoms with van der Waals surface area (Å²) in [6, 6.07) is 6.48. The second kappa shape index (κ2) is 5.48. The van der Waals surface area contributed by atoms with Crippen LogP contribution in [0, 0.1) is 13.0 Å². The van der Waals surface area contributed by atoms with Crippen LogP contribution in [0.25, 0.3) is 0 Å². The van der Waals surface area contributed by atoms with E-state index in [-0.39, 0.29) is 4.90 Å². The van der Waals surface area contributed by atoms with Crippen LogP contribution in [0.4, 0.5) is 5.69 Å². The molecule has 5 nitrogen and oxygen atoms in total. The minimum atomic E-state index is -3.71. The monoisotopic (exact) mass is 282 g/mol. The molecule has 1 aromatic rings. The van der Waals surface area contributed by atoms with Crippen LogP contribution in [0.2, 0.25) is 0 Å². The highest BCUT2D eigenvalue weighted by Crippen LogP contribution is 2.25. The number of rotatable bonds is 3. The van der Waals surface area contributed by atoms with Crippen molar-refractivity contribution >= 4 is 15.7 Å². The minimum Gasteiger partial charge on any atom is -0.367 e. The highest BCUT2D eigenvalue weighted by molar-refractivity contribution is 7.89. The van der Waals surface area contributed by atoms with Gasteiger partial charge in [0.1, 0.15) is 4.90 Å². The number of primary sulfonamides is 1. The van der Waals surface area contributed by atoms with Crippen LogP contribution in [-0.2, 0) is 10.0 Å². The third kappa shape index (κ3) is 3.26. The average Bonchev–Trinajstić information content (AvgIpc) is 2.38. The van der Waals surface area contributed by atoms with E-state index in [4.69, 9.17) is 5.14 Å². The molecule has 0 aliphatic carbocycles. The van der Waals surface area contributed by atoms with Gasteiger partial charge in [0, 0.05) is 32.2 Å². The molecule has 1 aromatic carbocycles. The van der Waals surface area contributed by atoms with E-state index in [0.29, 0.717) is 5.69 Å². The summed E-state index contributed by atoms with van der Waals surface area (Å²) in [6.45, 7) is 8.46. The van der Waals surface area contributed by atoms with Gasteiger partial charge < -0.3 is 9.80 Å². The third-order valence-corrected chi connectivity index (χ3v) is 4.40. The number of piperazine rings is 1. The van der Waals surface area contributed by atoms with Crippen LogP contribution in [-0.4, -0.2) is 46.0 Å². The highest BCUT2D eigenvalue weighted by Gasteiger charge is 2.22. The van der Waals surface area contributed by atoms with Crippen molar-refractivity contribution in [3.63, 3.8) is 0 Å². The molecule has 1 radical (unpaired) electrons. The van der Waals surface area contributed by atoms with Crippen molar-refractivity contribution in [2.75, 3.05) is 37.6 Å². The summed E-state index contributed by atoms with van der Waals surface area (Å²) in [5.41, 5.74) is 1.45. The van der Waals surface area contributed by atoms with Crippen LogP contribution in [0.15, 0.2) is 17.0 Å². The van der Waals surface area contributed by atoms with E-state index in [1.807, 2.05) is 11.8 Å². The molecule has 2 N–H and O–H groups in total. The SMILES string of the molecule is CCN1CCN(c2[c]cc(C)cc2S(N)(=O)=O)CC1. The van der Waals surface area contributed by atoms with Gasteiger partial charge in [-0.2, -0.15) is 0 Å². The summed E-state index contributed by atoms with van der Waals surface area (Å²) >= 11 is 0. The summed E-state index contributed by atoms with van der Waals surface area (Å²) in [7, 11) is -3.71. The third-order valence-electron chi connectivity index (χ3n) is 3.47. The van der Waals surface area contributed by atoms with E-state index < -0.39 is 10.0 Å². The first-order chi connectivity index (χ1) is 8.91. The number of nitrogens with two attached hydrogens (primary N) is 1. The number of likely N-dealkylation sites (N-methyl/N-ethyl adjacent to an activating group) is 1. The first kappa shape index (κ1) is 14.3. The molecule has 1 aliphatic rings. The van der Waals surface area contributed by atoms with Crippen LogP contribution in [0.3, 0.4) is 0 Å². The van der Waals surface area contributed by atoms with Crippen LogP contribution >= 0.6 is 0 Å². The number of aryl methyl sites for hydroxylation is 1. The van der Waals surface area contributed by atoms with E-state index in [9.17, 15) is 8.42 Å². The smallest absolute Gasteiger partial charge is 0.240 e. The van der Waals surface area contributed by atoms with Gasteiger partial charge in [-0.15, -0.1) is 0 Å². The van der Waals surface area contributed by atoms with E-state index in [1.54, 1.807) is 12.1 Å². The molecule has 105 valence electrons. The maximum atomic E-state index is 11.7. The van der Waals surface area contributed by atoms with E-state index in [0.717, 1.165) is 38.3 Å². The summed E-state index contributed by atoms with van der Waals surface area (Å²) < 4.78 is 23.4. The fourth-order valence-electron chi connectivity index (χ4n) is 2.32. The van der Waals surface area contributed by atoms with E-state index in [1.165, 1.54) is 0 Å². The fraction of sp³-hybridized carbons (Fsp3) is 0.538. The maximum absolute atomic E-state index is 11.7. The van der Waals surface area contributed by atoms with Crippen molar-refractivity contribution in [3.8, 4) is 0 Å². The lowest BCUT2D eigenvalue weighted by molar-refractivity contribution is 0.270. The van der Waals surface area contributed by atoms with Crippen LogP contribution in [0.5, 0.6) is 0 Å². The number of sulfonamides is 1. The zero-order chi connectivity index (χ0) is 14.0. The second-order valence-corrected chi connectivity index (χ2v) is 6.39. The molecule has 1 aliphatic heterocycles. The lowest BCUT2D eigenvalue weighted by Gasteiger charge is -2.36. The molecule has 1 heterocycles. The number of benzene rings is 1. The molecule has 0 bridgehead atoms. The molecule has 0 spiro atoms. The Kier molecular flexibility index (Phi) is 4.13. The van der Waals surface area contributed by atoms with Gasteiger partial charge in [0.2, 0.25) is 10.0 Å². The standard InChI is InChI=1S/C13H20N3O2S/c1-3-15-6-8-16(9-7-15)12-5-4-11(2)10-13(12)19(14,17)18/h4,10H,3,6-9H2,1-2H3,(H2,14,17,18).